The molecule has 0 aliphatic carbocycles. The molecule has 2 aromatic heterocycles. The Bertz CT molecular complexity index is 595. The SMILES string of the molecule is CC(C)(C)NC(=O)Cn1cncc1-c1ccc(N)nc1. The lowest BCUT2D eigenvalue weighted by atomic mass is 10.1. The zero-order valence-corrected chi connectivity index (χ0v) is 11.9. The van der Waals surface area contributed by atoms with E-state index in [1.54, 1.807) is 29.4 Å². The maximum Gasteiger partial charge on any atom is 0.240 e. The second-order valence-electron chi connectivity index (χ2n) is 5.68. The smallest absolute Gasteiger partial charge is 0.240 e. The molecule has 2 heterocycles. The van der Waals surface area contributed by atoms with E-state index in [0.717, 1.165) is 11.3 Å². The molecule has 0 aliphatic rings. The molecular formula is C14H19N5O. The van der Waals surface area contributed by atoms with Crippen LogP contribution in [0.25, 0.3) is 11.3 Å². The first-order valence-electron chi connectivity index (χ1n) is 6.38. The summed E-state index contributed by atoms with van der Waals surface area (Å²) in [6.45, 7) is 6.06. The van der Waals surface area contributed by atoms with Crippen molar-refractivity contribution in [1.29, 1.82) is 0 Å². The van der Waals surface area contributed by atoms with Crippen molar-refractivity contribution in [2.75, 3.05) is 5.73 Å². The molecule has 0 unspecified atom stereocenters. The number of anilines is 1. The van der Waals surface area contributed by atoms with Gasteiger partial charge in [0.25, 0.3) is 0 Å². The average Bonchev–Trinajstić information content (AvgIpc) is 2.75. The molecule has 0 saturated heterocycles. The van der Waals surface area contributed by atoms with E-state index in [9.17, 15) is 4.79 Å². The maximum atomic E-state index is 12.0. The van der Waals surface area contributed by atoms with E-state index in [1.165, 1.54) is 0 Å². The van der Waals surface area contributed by atoms with Crippen LogP contribution in [-0.2, 0) is 11.3 Å². The molecule has 0 fully saturated rings. The van der Waals surface area contributed by atoms with Crippen molar-refractivity contribution in [3.63, 3.8) is 0 Å². The Morgan fingerprint density at radius 1 is 1.35 bits per heavy atom. The second kappa shape index (κ2) is 5.32. The van der Waals surface area contributed by atoms with Gasteiger partial charge in [-0.15, -0.1) is 0 Å². The van der Waals surface area contributed by atoms with Gasteiger partial charge in [0.15, 0.2) is 0 Å². The molecule has 20 heavy (non-hydrogen) atoms. The minimum Gasteiger partial charge on any atom is -0.384 e. The summed E-state index contributed by atoms with van der Waals surface area (Å²) in [5.74, 6) is 0.408. The van der Waals surface area contributed by atoms with Crippen LogP contribution in [0.5, 0.6) is 0 Å². The monoisotopic (exact) mass is 273 g/mol. The number of carbonyl (C=O) groups excluding carboxylic acids is 1. The van der Waals surface area contributed by atoms with Crippen molar-refractivity contribution in [2.45, 2.75) is 32.9 Å². The van der Waals surface area contributed by atoms with E-state index in [1.807, 2.05) is 26.8 Å². The molecule has 2 aromatic rings. The number of imidazole rings is 1. The molecule has 6 heteroatoms. The van der Waals surface area contributed by atoms with E-state index >= 15 is 0 Å². The minimum absolute atomic E-state index is 0.0554. The molecule has 0 saturated carbocycles. The van der Waals surface area contributed by atoms with Gasteiger partial charge in [-0.1, -0.05) is 0 Å². The van der Waals surface area contributed by atoms with Gasteiger partial charge in [0.05, 0.1) is 18.2 Å². The molecule has 0 radical (unpaired) electrons. The number of nitrogens with one attached hydrogen (secondary N) is 1. The first-order chi connectivity index (χ1) is 9.35. The van der Waals surface area contributed by atoms with Gasteiger partial charge < -0.3 is 15.6 Å². The number of hydrogen-bond acceptors (Lipinski definition) is 4. The predicted octanol–water partition coefficient (Wildman–Crippen LogP) is 1.44. The van der Waals surface area contributed by atoms with Crippen LogP contribution in [0, 0.1) is 0 Å². The quantitative estimate of drug-likeness (QED) is 0.886. The van der Waals surface area contributed by atoms with Crippen LogP contribution in [0.1, 0.15) is 20.8 Å². The highest BCUT2D eigenvalue weighted by molar-refractivity contribution is 5.77. The summed E-state index contributed by atoms with van der Waals surface area (Å²) in [4.78, 5) is 20.1. The molecule has 0 atom stereocenters. The molecule has 6 nitrogen and oxygen atoms in total. The molecule has 1 amide bonds. The number of rotatable bonds is 3. The Balaban J connectivity index is 2.17. The topological polar surface area (TPSA) is 85.8 Å². The van der Waals surface area contributed by atoms with E-state index in [-0.39, 0.29) is 18.0 Å². The first kappa shape index (κ1) is 14.0. The van der Waals surface area contributed by atoms with E-state index < -0.39 is 0 Å². The molecular weight excluding hydrogens is 254 g/mol. The molecule has 0 spiro atoms. The van der Waals surface area contributed by atoms with Crippen LogP contribution in [0.15, 0.2) is 30.9 Å². The van der Waals surface area contributed by atoms with Crippen molar-refractivity contribution >= 4 is 11.7 Å². The highest BCUT2D eigenvalue weighted by Gasteiger charge is 2.15. The predicted molar refractivity (Wildman–Crippen MR) is 77.8 cm³/mol. The van der Waals surface area contributed by atoms with Gasteiger partial charge in [0, 0.05) is 17.3 Å². The first-order valence-corrected chi connectivity index (χ1v) is 6.38. The third-order valence-electron chi connectivity index (χ3n) is 2.62. The van der Waals surface area contributed by atoms with E-state index in [2.05, 4.69) is 15.3 Å². The van der Waals surface area contributed by atoms with Crippen LogP contribution < -0.4 is 11.1 Å². The minimum atomic E-state index is -0.249. The number of nitrogens with zero attached hydrogens (tertiary/aromatic N) is 3. The zero-order valence-electron chi connectivity index (χ0n) is 11.9. The zero-order chi connectivity index (χ0) is 14.8. The van der Waals surface area contributed by atoms with Gasteiger partial charge in [0.1, 0.15) is 12.4 Å². The normalized spacial score (nSPS) is 11.3. The fraction of sp³-hybridized carbons (Fsp3) is 0.357. The molecule has 2 rings (SSSR count). The Labute approximate surface area is 118 Å². The fourth-order valence-corrected chi connectivity index (χ4v) is 1.86. The lowest BCUT2D eigenvalue weighted by Gasteiger charge is -2.21. The van der Waals surface area contributed by atoms with Gasteiger partial charge in [-0.2, -0.15) is 0 Å². The Morgan fingerprint density at radius 2 is 2.10 bits per heavy atom. The van der Waals surface area contributed by atoms with Gasteiger partial charge in [-0.3, -0.25) is 4.79 Å². The highest BCUT2D eigenvalue weighted by Crippen LogP contribution is 2.18. The van der Waals surface area contributed by atoms with Gasteiger partial charge >= 0.3 is 0 Å². The lowest BCUT2D eigenvalue weighted by Crippen LogP contribution is -2.42. The van der Waals surface area contributed by atoms with Crippen LogP contribution in [0.3, 0.4) is 0 Å². The Kier molecular flexibility index (Phi) is 3.74. The standard InChI is InChI=1S/C14H19N5O/c1-14(2,3)18-13(20)8-19-9-16-7-11(19)10-4-5-12(15)17-6-10/h4-7,9H,8H2,1-3H3,(H2,15,17)(H,18,20). The summed E-state index contributed by atoms with van der Waals surface area (Å²) in [7, 11) is 0. The van der Waals surface area contributed by atoms with Crippen molar-refractivity contribution in [3.05, 3.63) is 30.9 Å². The van der Waals surface area contributed by atoms with Crippen LogP contribution in [0.4, 0.5) is 5.82 Å². The van der Waals surface area contributed by atoms with E-state index in [4.69, 9.17) is 5.73 Å². The van der Waals surface area contributed by atoms with E-state index in [0.29, 0.717) is 5.82 Å². The largest absolute Gasteiger partial charge is 0.384 e. The van der Waals surface area contributed by atoms with Crippen molar-refractivity contribution in [1.82, 2.24) is 19.9 Å². The third-order valence-corrected chi connectivity index (χ3v) is 2.62. The number of carbonyl (C=O) groups is 1. The number of hydrogen-bond donors (Lipinski definition) is 2. The summed E-state index contributed by atoms with van der Waals surface area (Å²) in [5, 5.41) is 2.92. The highest BCUT2D eigenvalue weighted by atomic mass is 16.2. The third kappa shape index (κ3) is 3.57. The molecule has 3 N–H and O–H groups in total. The van der Waals surface area contributed by atoms with Crippen LogP contribution >= 0.6 is 0 Å². The van der Waals surface area contributed by atoms with Crippen LogP contribution in [0.2, 0.25) is 0 Å². The Hall–Kier alpha value is -2.37. The molecule has 0 bridgehead atoms. The summed E-state index contributed by atoms with van der Waals surface area (Å²) in [5.41, 5.74) is 7.03. The van der Waals surface area contributed by atoms with Gasteiger partial charge in [0.2, 0.25) is 5.91 Å². The molecule has 0 aliphatic heterocycles. The van der Waals surface area contributed by atoms with Gasteiger partial charge in [-0.05, 0) is 32.9 Å². The van der Waals surface area contributed by atoms with Crippen molar-refractivity contribution in [3.8, 4) is 11.3 Å². The maximum absolute atomic E-state index is 12.0. The van der Waals surface area contributed by atoms with Crippen molar-refractivity contribution < 1.29 is 4.79 Å². The number of pyridine rings is 1. The number of aromatic nitrogens is 3. The number of nitrogens with two attached hydrogens (primary N) is 1. The number of amides is 1. The average molecular weight is 273 g/mol. The summed E-state index contributed by atoms with van der Waals surface area (Å²) < 4.78 is 1.79. The van der Waals surface area contributed by atoms with Gasteiger partial charge in [-0.25, -0.2) is 9.97 Å². The van der Waals surface area contributed by atoms with Crippen LogP contribution in [-0.4, -0.2) is 26.0 Å². The summed E-state index contributed by atoms with van der Waals surface area (Å²) in [6.07, 6.45) is 5.01. The second-order valence-corrected chi connectivity index (χ2v) is 5.68. The number of nitrogen functional groups attached to an aromatic ring is 1. The molecule has 106 valence electrons. The Morgan fingerprint density at radius 3 is 2.70 bits per heavy atom. The lowest BCUT2D eigenvalue weighted by molar-refractivity contribution is -0.123. The fourth-order valence-electron chi connectivity index (χ4n) is 1.86. The van der Waals surface area contributed by atoms with Crippen molar-refractivity contribution in [2.24, 2.45) is 0 Å². The summed E-state index contributed by atoms with van der Waals surface area (Å²) in [6, 6.07) is 3.58. The molecule has 0 aromatic carbocycles. The summed E-state index contributed by atoms with van der Waals surface area (Å²) >= 11 is 0.